The van der Waals surface area contributed by atoms with Crippen molar-refractivity contribution in [1.29, 1.82) is 0 Å². The summed E-state index contributed by atoms with van der Waals surface area (Å²) >= 11 is 0. The fourth-order valence-electron chi connectivity index (χ4n) is 3.42. The number of hydrogen-bond acceptors (Lipinski definition) is 4. The minimum atomic E-state index is -0.718. The van der Waals surface area contributed by atoms with E-state index < -0.39 is 11.8 Å². The molecule has 152 valence electrons. The van der Waals surface area contributed by atoms with E-state index in [9.17, 15) is 14.4 Å². The lowest BCUT2D eigenvalue weighted by Gasteiger charge is -2.27. The summed E-state index contributed by atoms with van der Waals surface area (Å²) in [5, 5.41) is 7.85. The van der Waals surface area contributed by atoms with Crippen LogP contribution < -0.4 is 20.9 Å². The molecule has 0 atom stereocenters. The quantitative estimate of drug-likeness (QED) is 0.679. The van der Waals surface area contributed by atoms with Crippen LogP contribution in [0.1, 0.15) is 24.5 Å². The van der Waals surface area contributed by atoms with E-state index in [2.05, 4.69) is 46.1 Å². The molecule has 0 radical (unpaired) electrons. The molecule has 0 aromatic heterocycles. The van der Waals surface area contributed by atoms with Crippen LogP contribution in [-0.4, -0.2) is 37.9 Å². The summed E-state index contributed by atoms with van der Waals surface area (Å²) in [7, 11) is 2.10. The number of rotatable bonds is 5. The average Bonchev–Trinajstić information content (AvgIpc) is 2.69. The summed E-state index contributed by atoms with van der Waals surface area (Å²) in [6.45, 7) is 2.89. The van der Waals surface area contributed by atoms with Gasteiger partial charge >= 0.3 is 11.8 Å². The second-order valence-corrected chi connectivity index (χ2v) is 7.21. The van der Waals surface area contributed by atoms with Crippen molar-refractivity contribution in [3.05, 3.63) is 53.6 Å². The Morgan fingerprint density at radius 3 is 2.34 bits per heavy atom. The van der Waals surface area contributed by atoms with Gasteiger partial charge < -0.3 is 20.9 Å². The van der Waals surface area contributed by atoms with Crippen LogP contribution in [0, 0.1) is 0 Å². The number of nitrogens with one attached hydrogen (secondary N) is 3. The van der Waals surface area contributed by atoms with Crippen LogP contribution in [0.25, 0.3) is 0 Å². The van der Waals surface area contributed by atoms with Crippen LogP contribution in [0.2, 0.25) is 0 Å². The average molecular weight is 394 g/mol. The van der Waals surface area contributed by atoms with Crippen LogP contribution in [0.4, 0.5) is 17.1 Å². The Balaban J connectivity index is 1.46. The third kappa shape index (κ3) is 5.57. The highest BCUT2D eigenvalue weighted by molar-refractivity contribution is 6.39. The highest BCUT2D eigenvalue weighted by Gasteiger charge is 2.15. The van der Waals surface area contributed by atoms with Gasteiger partial charge in [-0.25, -0.2) is 0 Å². The maximum Gasteiger partial charge on any atom is 0.313 e. The minimum Gasteiger partial charge on any atom is -0.374 e. The lowest BCUT2D eigenvalue weighted by Crippen LogP contribution is -2.36. The zero-order valence-electron chi connectivity index (χ0n) is 16.7. The van der Waals surface area contributed by atoms with Gasteiger partial charge in [-0.15, -0.1) is 0 Å². The highest BCUT2D eigenvalue weighted by atomic mass is 16.2. The summed E-state index contributed by atoms with van der Waals surface area (Å²) in [5.41, 5.74) is 4.86. The predicted molar refractivity (Wildman–Crippen MR) is 114 cm³/mol. The van der Waals surface area contributed by atoms with Crippen LogP contribution in [0.5, 0.6) is 0 Å². The molecule has 0 fully saturated rings. The number of carbonyl (C=O) groups excluding carboxylic acids is 3. The molecule has 3 amide bonds. The van der Waals surface area contributed by atoms with Crippen LogP contribution >= 0.6 is 0 Å². The monoisotopic (exact) mass is 394 g/mol. The molecule has 1 aliphatic rings. The third-order valence-electron chi connectivity index (χ3n) is 4.86. The van der Waals surface area contributed by atoms with Crippen LogP contribution in [-0.2, 0) is 27.2 Å². The normalized spacial score (nSPS) is 12.7. The van der Waals surface area contributed by atoms with E-state index >= 15 is 0 Å². The molecule has 2 aromatic carbocycles. The van der Waals surface area contributed by atoms with Gasteiger partial charge in [0, 0.05) is 44.1 Å². The van der Waals surface area contributed by atoms with E-state index in [4.69, 9.17) is 0 Å². The number of aryl methyl sites for hydroxylation is 1. The first-order valence-corrected chi connectivity index (χ1v) is 9.72. The van der Waals surface area contributed by atoms with Gasteiger partial charge in [-0.2, -0.15) is 0 Å². The number of fused-ring (bicyclic) bond motifs is 1. The zero-order chi connectivity index (χ0) is 20.8. The van der Waals surface area contributed by atoms with E-state index in [-0.39, 0.29) is 5.91 Å². The van der Waals surface area contributed by atoms with Gasteiger partial charge in [0.2, 0.25) is 5.91 Å². The lowest BCUT2D eigenvalue weighted by atomic mass is 9.98. The first-order valence-electron chi connectivity index (χ1n) is 9.72. The van der Waals surface area contributed by atoms with Crippen molar-refractivity contribution in [2.24, 2.45) is 0 Å². The van der Waals surface area contributed by atoms with Gasteiger partial charge in [-0.3, -0.25) is 14.4 Å². The third-order valence-corrected chi connectivity index (χ3v) is 4.86. The molecule has 0 bridgehead atoms. The number of carbonyl (C=O) groups is 3. The van der Waals surface area contributed by atoms with Crippen molar-refractivity contribution in [3.63, 3.8) is 0 Å². The van der Waals surface area contributed by atoms with Gasteiger partial charge in [0.1, 0.15) is 0 Å². The predicted octanol–water partition coefficient (Wildman–Crippen LogP) is 2.32. The second-order valence-electron chi connectivity index (χ2n) is 7.21. The Morgan fingerprint density at radius 1 is 0.966 bits per heavy atom. The fourth-order valence-corrected chi connectivity index (χ4v) is 3.42. The molecule has 1 heterocycles. The van der Waals surface area contributed by atoms with Gasteiger partial charge in [-0.1, -0.05) is 12.1 Å². The lowest BCUT2D eigenvalue weighted by molar-refractivity contribution is -0.136. The van der Waals surface area contributed by atoms with Crippen LogP contribution in [0.15, 0.2) is 42.5 Å². The Labute approximate surface area is 170 Å². The molecule has 7 nitrogen and oxygen atoms in total. The first kappa shape index (κ1) is 20.4. The summed E-state index contributed by atoms with van der Waals surface area (Å²) < 4.78 is 0. The van der Waals surface area contributed by atoms with Gasteiger partial charge in [-0.05, 0) is 60.7 Å². The summed E-state index contributed by atoms with van der Waals surface area (Å²) in [6, 6.07) is 13.0. The number of benzene rings is 2. The van der Waals surface area contributed by atoms with Crippen molar-refractivity contribution < 1.29 is 14.4 Å². The molecule has 0 unspecified atom stereocenters. The molecule has 29 heavy (non-hydrogen) atoms. The summed E-state index contributed by atoms with van der Waals surface area (Å²) in [5.74, 6) is -1.56. The SMILES string of the molecule is CC(=O)Nc1ccc(NC(=O)C(=O)NCCc2ccc3c(c2)CCCN3C)cc1. The molecular formula is C22H26N4O3. The van der Waals surface area contributed by atoms with Crippen molar-refractivity contribution in [1.82, 2.24) is 5.32 Å². The molecule has 7 heteroatoms. The van der Waals surface area contributed by atoms with E-state index in [1.54, 1.807) is 24.3 Å². The van der Waals surface area contributed by atoms with Crippen LogP contribution in [0.3, 0.4) is 0 Å². The molecular weight excluding hydrogens is 368 g/mol. The molecule has 0 saturated heterocycles. The molecule has 2 aromatic rings. The summed E-state index contributed by atoms with van der Waals surface area (Å²) in [4.78, 5) is 37.4. The Hall–Kier alpha value is -3.35. The summed E-state index contributed by atoms with van der Waals surface area (Å²) in [6.07, 6.45) is 2.89. The number of amides is 3. The minimum absolute atomic E-state index is 0.174. The Bertz CT molecular complexity index is 909. The molecule has 3 rings (SSSR count). The highest BCUT2D eigenvalue weighted by Crippen LogP contribution is 2.26. The van der Waals surface area contributed by atoms with E-state index in [1.165, 1.54) is 18.2 Å². The molecule has 1 aliphatic heterocycles. The molecule has 3 N–H and O–H groups in total. The maximum atomic E-state index is 12.0. The topological polar surface area (TPSA) is 90.5 Å². The number of anilines is 3. The number of nitrogens with zero attached hydrogens (tertiary/aromatic N) is 1. The molecule has 0 saturated carbocycles. The first-order chi connectivity index (χ1) is 13.9. The van der Waals surface area contributed by atoms with E-state index in [1.807, 2.05) is 0 Å². The van der Waals surface area contributed by atoms with E-state index in [0.29, 0.717) is 24.3 Å². The second kappa shape index (κ2) is 9.23. The zero-order valence-corrected chi connectivity index (χ0v) is 16.7. The van der Waals surface area contributed by atoms with Gasteiger partial charge in [0.05, 0.1) is 0 Å². The largest absolute Gasteiger partial charge is 0.374 e. The van der Waals surface area contributed by atoms with Crippen molar-refractivity contribution in [3.8, 4) is 0 Å². The standard InChI is InChI=1S/C22H26N4O3/c1-15(27)24-18-6-8-19(9-7-18)25-22(29)21(28)23-12-11-16-5-10-20-17(14-16)4-3-13-26(20)2/h5-10,14H,3-4,11-13H2,1-2H3,(H,23,28)(H,24,27)(H,25,29). The van der Waals surface area contributed by atoms with Crippen molar-refractivity contribution in [2.75, 3.05) is 35.7 Å². The molecule has 0 spiro atoms. The smallest absolute Gasteiger partial charge is 0.313 e. The maximum absolute atomic E-state index is 12.0. The number of hydrogen-bond donors (Lipinski definition) is 3. The van der Waals surface area contributed by atoms with E-state index in [0.717, 1.165) is 24.9 Å². The van der Waals surface area contributed by atoms with Gasteiger partial charge in [0.25, 0.3) is 0 Å². The Kier molecular flexibility index (Phi) is 6.49. The van der Waals surface area contributed by atoms with Crippen molar-refractivity contribution >= 4 is 34.8 Å². The Morgan fingerprint density at radius 2 is 1.66 bits per heavy atom. The molecule has 0 aliphatic carbocycles. The van der Waals surface area contributed by atoms with Crippen molar-refractivity contribution in [2.45, 2.75) is 26.2 Å². The van der Waals surface area contributed by atoms with Gasteiger partial charge in [0.15, 0.2) is 0 Å². The fraction of sp³-hybridized carbons (Fsp3) is 0.318.